The number of H-pyrrole nitrogens is 1. The number of carbonyl (C=O) groups is 1. The predicted molar refractivity (Wildman–Crippen MR) is 145 cm³/mol. The molecular weight excluding hydrogens is 460 g/mol. The third-order valence-electron chi connectivity index (χ3n) is 6.19. The molecule has 0 bridgehead atoms. The maximum absolute atomic E-state index is 12.3. The number of unbranched alkanes of at least 4 members (excludes halogenated alkanes) is 9. The number of benzene rings is 1. The fourth-order valence-corrected chi connectivity index (χ4v) is 4.59. The van der Waals surface area contributed by atoms with E-state index in [1.807, 2.05) is 24.3 Å². The first-order chi connectivity index (χ1) is 16.8. The van der Waals surface area contributed by atoms with E-state index in [-0.39, 0.29) is 11.4 Å². The molecule has 0 spiro atoms. The van der Waals surface area contributed by atoms with Crippen molar-refractivity contribution in [2.24, 2.45) is 0 Å². The molecule has 3 aromatic rings. The highest BCUT2D eigenvalue weighted by Gasteiger charge is 2.24. The first-order valence-corrected chi connectivity index (χ1v) is 13.5. The third-order valence-corrected chi connectivity index (χ3v) is 6.54. The van der Waals surface area contributed by atoms with Crippen LogP contribution in [0.3, 0.4) is 0 Å². The zero-order chi connectivity index (χ0) is 25.3. The van der Waals surface area contributed by atoms with Gasteiger partial charge in [-0.3, -0.25) is 5.10 Å². The highest BCUT2D eigenvalue weighted by atomic mass is 35.5. The van der Waals surface area contributed by atoms with Crippen molar-refractivity contribution in [3.05, 3.63) is 35.0 Å². The predicted octanol–water partition coefficient (Wildman–Crippen LogP) is 7.72. The Morgan fingerprint density at radius 3 is 2.31 bits per heavy atom. The summed E-state index contributed by atoms with van der Waals surface area (Å²) in [7, 11) is 0. The summed E-state index contributed by atoms with van der Waals surface area (Å²) in [4.78, 5) is 16.9. The van der Waals surface area contributed by atoms with Crippen LogP contribution in [0.2, 0.25) is 5.02 Å². The number of rotatable bonds is 13. The van der Waals surface area contributed by atoms with Gasteiger partial charge in [-0.25, -0.2) is 9.78 Å². The minimum atomic E-state index is -0.194. The Hall–Kier alpha value is -2.54. The van der Waals surface area contributed by atoms with Crippen molar-refractivity contribution in [1.82, 2.24) is 25.1 Å². The molecule has 0 saturated heterocycles. The van der Waals surface area contributed by atoms with E-state index in [4.69, 9.17) is 11.6 Å². The van der Waals surface area contributed by atoms with Gasteiger partial charge in [0, 0.05) is 23.2 Å². The number of nitrogens with one attached hydrogen (secondary N) is 3. The van der Waals surface area contributed by atoms with Gasteiger partial charge < -0.3 is 10.6 Å². The lowest BCUT2D eigenvalue weighted by molar-refractivity contribution is 0.252. The molecule has 0 fully saturated rings. The summed E-state index contributed by atoms with van der Waals surface area (Å²) in [5, 5.41) is 14.2. The van der Waals surface area contributed by atoms with Crippen LogP contribution in [0.15, 0.2) is 24.3 Å². The number of halogens is 1. The fourth-order valence-electron chi connectivity index (χ4n) is 4.14. The lowest BCUT2D eigenvalue weighted by Gasteiger charge is -2.16. The largest absolute Gasteiger partial charge is 0.338 e. The van der Waals surface area contributed by atoms with Crippen molar-refractivity contribution in [1.29, 1.82) is 0 Å². The molecule has 3 N–H and O–H groups in total. The summed E-state index contributed by atoms with van der Waals surface area (Å²) < 4.78 is 1.61. The van der Waals surface area contributed by atoms with E-state index in [0.29, 0.717) is 28.7 Å². The van der Waals surface area contributed by atoms with E-state index in [1.165, 1.54) is 51.4 Å². The van der Waals surface area contributed by atoms with E-state index in [2.05, 4.69) is 53.5 Å². The second-order valence-corrected chi connectivity index (χ2v) is 10.7. The Balaban J connectivity index is 1.42. The Kier molecular flexibility index (Phi) is 10.0. The first-order valence-electron chi connectivity index (χ1n) is 13.1. The summed E-state index contributed by atoms with van der Waals surface area (Å²) in [5.41, 5.74) is 2.87. The number of urea groups is 1. The van der Waals surface area contributed by atoms with Gasteiger partial charge in [0.15, 0.2) is 11.5 Å². The maximum atomic E-state index is 12.3. The minimum Gasteiger partial charge on any atom is -0.338 e. The molecule has 7 nitrogen and oxygen atoms in total. The SMILES string of the molecule is CCCCCCCCCCCCNC(=O)Nc1cccc(-c2nc3c(Cl)c(C(C)(C)C)[nH]n3n2)c1. The zero-order valence-corrected chi connectivity index (χ0v) is 22.5. The summed E-state index contributed by atoms with van der Waals surface area (Å²) in [6, 6.07) is 7.33. The van der Waals surface area contributed by atoms with Gasteiger partial charge in [-0.05, 0) is 18.6 Å². The van der Waals surface area contributed by atoms with Gasteiger partial charge >= 0.3 is 6.03 Å². The van der Waals surface area contributed by atoms with Crippen molar-refractivity contribution in [3.63, 3.8) is 0 Å². The highest BCUT2D eigenvalue weighted by Crippen LogP contribution is 2.32. The number of aromatic amines is 1. The molecule has 35 heavy (non-hydrogen) atoms. The van der Waals surface area contributed by atoms with Gasteiger partial charge in [0.1, 0.15) is 5.02 Å². The molecule has 0 unspecified atom stereocenters. The molecule has 0 saturated carbocycles. The smallest absolute Gasteiger partial charge is 0.319 e. The van der Waals surface area contributed by atoms with Gasteiger partial charge in [0.25, 0.3) is 0 Å². The average Bonchev–Trinajstić information content (AvgIpc) is 3.37. The summed E-state index contributed by atoms with van der Waals surface area (Å²) in [5.74, 6) is 0.549. The monoisotopic (exact) mass is 500 g/mol. The molecule has 2 amide bonds. The number of hydrogen-bond acceptors (Lipinski definition) is 3. The molecule has 192 valence electrons. The van der Waals surface area contributed by atoms with Crippen LogP contribution in [0, 0.1) is 0 Å². The van der Waals surface area contributed by atoms with Crippen LogP contribution < -0.4 is 10.6 Å². The topological polar surface area (TPSA) is 87.1 Å². The number of aromatic nitrogens is 4. The summed E-state index contributed by atoms with van der Waals surface area (Å²) >= 11 is 6.54. The van der Waals surface area contributed by atoms with Crippen LogP contribution in [0.1, 0.15) is 97.6 Å². The van der Waals surface area contributed by atoms with Gasteiger partial charge in [-0.1, -0.05) is 109 Å². The number of nitrogens with zero attached hydrogens (tertiary/aromatic N) is 3. The standard InChI is InChI=1S/C27H41ClN6O/c1-5-6-7-8-9-10-11-12-13-14-18-29-26(35)30-21-17-15-16-20(19-21)24-31-25-22(28)23(27(2,3)4)32-34(25)33-24/h15-17,19,32H,5-14,18H2,1-4H3,(H2,29,30,35). The molecule has 0 aliphatic carbocycles. The van der Waals surface area contributed by atoms with Crippen LogP contribution in [0.4, 0.5) is 10.5 Å². The van der Waals surface area contributed by atoms with E-state index in [9.17, 15) is 4.79 Å². The maximum Gasteiger partial charge on any atom is 0.319 e. The van der Waals surface area contributed by atoms with Gasteiger partial charge in [-0.2, -0.15) is 4.63 Å². The Labute approximate surface area is 214 Å². The average molecular weight is 501 g/mol. The molecule has 8 heteroatoms. The van der Waals surface area contributed by atoms with Crippen LogP contribution in [-0.2, 0) is 5.41 Å². The Morgan fingerprint density at radius 1 is 1.03 bits per heavy atom. The number of fused-ring (bicyclic) bond motifs is 1. The summed E-state index contributed by atoms with van der Waals surface area (Å²) in [6.45, 7) is 9.19. The molecule has 2 heterocycles. The van der Waals surface area contributed by atoms with Gasteiger partial charge in [0.2, 0.25) is 0 Å². The van der Waals surface area contributed by atoms with E-state index >= 15 is 0 Å². The van der Waals surface area contributed by atoms with Crippen molar-refractivity contribution < 1.29 is 4.79 Å². The van der Waals surface area contributed by atoms with Crippen molar-refractivity contribution in [3.8, 4) is 11.4 Å². The minimum absolute atomic E-state index is 0.134. The van der Waals surface area contributed by atoms with Crippen LogP contribution in [-0.4, -0.2) is 32.4 Å². The zero-order valence-electron chi connectivity index (χ0n) is 21.7. The molecule has 0 aliphatic heterocycles. The number of carbonyl (C=O) groups excluding carboxylic acids is 1. The molecule has 1 aromatic carbocycles. The lowest BCUT2D eigenvalue weighted by atomic mass is 9.92. The molecule has 3 rings (SSSR count). The second-order valence-electron chi connectivity index (χ2n) is 10.4. The molecular formula is C27H41ClN6O. The lowest BCUT2D eigenvalue weighted by Crippen LogP contribution is -2.29. The third kappa shape index (κ3) is 7.99. The van der Waals surface area contributed by atoms with Gasteiger partial charge in [0.05, 0.1) is 5.69 Å². The molecule has 0 atom stereocenters. The summed E-state index contributed by atoms with van der Waals surface area (Å²) in [6.07, 6.45) is 12.8. The number of anilines is 1. The second kappa shape index (κ2) is 13.0. The highest BCUT2D eigenvalue weighted by molar-refractivity contribution is 6.34. The molecule has 0 aliphatic rings. The van der Waals surface area contributed by atoms with Crippen molar-refractivity contribution in [2.45, 2.75) is 97.3 Å². The van der Waals surface area contributed by atoms with Crippen LogP contribution in [0.25, 0.3) is 17.0 Å². The number of amides is 2. The van der Waals surface area contributed by atoms with E-state index < -0.39 is 0 Å². The Bertz CT molecular complexity index is 1080. The molecule has 2 aromatic heterocycles. The van der Waals surface area contributed by atoms with E-state index in [0.717, 1.165) is 24.1 Å². The van der Waals surface area contributed by atoms with Crippen LogP contribution in [0.5, 0.6) is 0 Å². The van der Waals surface area contributed by atoms with Crippen molar-refractivity contribution in [2.75, 3.05) is 11.9 Å². The quantitative estimate of drug-likeness (QED) is 0.210. The number of hydrogen-bond donors (Lipinski definition) is 3. The van der Waals surface area contributed by atoms with Crippen LogP contribution >= 0.6 is 11.6 Å². The fraction of sp³-hybridized carbons (Fsp3) is 0.593. The molecule has 0 radical (unpaired) electrons. The first kappa shape index (κ1) is 27.1. The normalized spacial score (nSPS) is 11.8. The van der Waals surface area contributed by atoms with Crippen molar-refractivity contribution >= 4 is 29.0 Å². The van der Waals surface area contributed by atoms with E-state index in [1.54, 1.807) is 4.63 Å². The van der Waals surface area contributed by atoms with Gasteiger partial charge in [-0.15, -0.1) is 5.10 Å². The Morgan fingerprint density at radius 2 is 1.69 bits per heavy atom.